The second kappa shape index (κ2) is 9.30. The number of nitrogens with zero attached hydrogens (tertiary/aromatic N) is 1. The highest BCUT2D eigenvalue weighted by molar-refractivity contribution is 5.81. The molecule has 1 heterocycles. The number of carbonyl (C=O) groups excluding carboxylic acids is 2. The third-order valence-corrected chi connectivity index (χ3v) is 4.56. The quantitative estimate of drug-likeness (QED) is 0.787. The Morgan fingerprint density at radius 3 is 2.54 bits per heavy atom. The van der Waals surface area contributed by atoms with Crippen LogP contribution < -0.4 is 10.6 Å². The lowest BCUT2D eigenvalue weighted by atomic mass is 9.88. The molecule has 5 heteroatoms. The fraction of sp³-hybridized carbons (Fsp3) is 0.579. The second-order valence-corrected chi connectivity index (χ2v) is 6.33. The molecule has 1 aromatic carbocycles. The number of amides is 3. The van der Waals surface area contributed by atoms with E-state index in [0.29, 0.717) is 19.6 Å². The van der Waals surface area contributed by atoms with E-state index in [1.165, 1.54) is 0 Å². The lowest BCUT2D eigenvalue weighted by Gasteiger charge is -2.39. The molecule has 0 radical (unpaired) electrons. The van der Waals surface area contributed by atoms with Crippen LogP contribution in [-0.2, 0) is 4.79 Å². The van der Waals surface area contributed by atoms with E-state index in [4.69, 9.17) is 0 Å². The number of benzene rings is 1. The average molecular weight is 331 g/mol. The minimum absolute atomic E-state index is 0.0403. The maximum Gasteiger partial charge on any atom is 0.317 e. The number of piperidine rings is 1. The summed E-state index contributed by atoms with van der Waals surface area (Å²) < 4.78 is 0. The maximum absolute atomic E-state index is 12.7. The number of hydrogen-bond acceptors (Lipinski definition) is 2. The first-order chi connectivity index (χ1) is 11.7. The number of nitrogens with one attached hydrogen (secondary N) is 2. The van der Waals surface area contributed by atoms with Crippen LogP contribution in [0.1, 0.15) is 51.1 Å². The summed E-state index contributed by atoms with van der Waals surface area (Å²) in [5.74, 6) is -0.0720. The Morgan fingerprint density at radius 1 is 1.12 bits per heavy atom. The van der Waals surface area contributed by atoms with Crippen molar-refractivity contribution in [1.29, 1.82) is 0 Å². The first-order valence-electron chi connectivity index (χ1n) is 9.04. The van der Waals surface area contributed by atoms with Crippen molar-refractivity contribution in [3.8, 4) is 0 Å². The Balaban J connectivity index is 2.11. The summed E-state index contributed by atoms with van der Waals surface area (Å²) in [6, 6.07) is 10.1. The summed E-state index contributed by atoms with van der Waals surface area (Å²) in [6.07, 6.45) is 3.64. The van der Waals surface area contributed by atoms with E-state index in [1.54, 1.807) is 0 Å². The first-order valence-corrected chi connectivity index (χ1v) is 9.04. The van der Waals surface area contributed by atoms with Crippen molar-refractivity contribution in [3.05, 3.63) is 35.9 Å². The van der Waals surface area contributed by atoms with Crippen molar-refractivity contribution in [2.24, 2.45) is 5.92 Å². The van der Waals surface area contributed by atoms with Gasteiger partial charge < -0.3 is 15.5 Å². The Labute approximate surface area is 144 Å². The molecule has 5 nitrogen and oxygen atoms in total. The topological polar surface area (TPSA) is 61.4 Å². The van der Waals surface area contributed by atoms with Crippen molar-refractivity contribution in [2.75, 3.05) is 19.6 Å². The van der Waals surface area contributed by atoms with E-state index in [2.05, 4.69) is 29.7 Å². The lowest BCUT2D eigenvalue weighted by Crippen LogP contribution is -2.50. The summed E-state index contributed by atoms with van der Waals surface area (Å²) in [4.78, 5) is 26.7. The van der Waals surface area contributed by atoms with Gasteiger partial charge in [-0.1, -0.05) is 43.7 Å². The largest absolute Gasteiger partial charge is 0.356 e. The fourth-order valence-corrected chi connectivity index (χ4v) is 3.22. The Morgan fingerprint density at radius 2 is 1.88 bits per heavy atom. The van der Waals surface area contributed by atoms with Crippen LogP contribution >= 0.6 is 0 Å². The van der Waals surface area contributed by atoms with Crippen LogP contribution in [0.25, 0.3) is 0 Å². The fourth-order valence-electron chi connectivity index (χ4n) is 3.22. The lowest BCUT2D eigenvalue weighted by molar-refractivity contribution is -0.126. The van der Waals surface area contributed by atoms with Crippen LogP contribution in [0, 0.1) is 5.92 Å². The van der Waals surface area contributed by atoms with Gasteiger partial charge in [0, 0.05) is 19.6 Å². The molecule has 0 unspecified atom stereocenters. The van der Waals surface area contributed by atoms with Crippen LogP contribution in [0.5, 0.6) is 0 Å². The number of rotatable bonds is 6. The SMILES string of the molecule is CCCCNC(=O)N1C[C@H](C(=O)NCC)CC[C@H]1c1ccccc1. The van der Waals surface area contributed by atoms with Gasteiger partial charge >= 0.3 is 6.03 Å². The molecule has 1 aliphatic heterocycles. The molecule has 24 heavy (non-hydrogen) atoms. The van der Waals surface area contributed by atoms with Crippen molar-refractivity contribution in [1.82, 2.24) is 15.5 Å². The van der Waals surface area contributed by atoms with Gasteiger partial charge in [0.2, 0.25) is 5.91 Å². The molecule has 0 aromatic heterocycles. The molecule has 1 aliphatic rings. The molecule has 3 amide bonds. The van der Waals surface area contributed by atoms with E-state index in [9.17, 15) is 9.59 Å². The van der Waals surface area contributed by atoms with E-state index in [-0.39, 0.29) is 23.9 Å². The van der Waals surface area contributed by atoms with Gasteiger partial charge in [-0.15, -0.1) is 0 Å². The van der Waals surface area contributed by atoms with E-state index >= 15 is 0 Å². The second-order valence-electron chi connectivity index (χ2n) is 6.33. The highest BCUT2D eigenvalue weighted by Crippen LogP contribution is 2.33. The molecule has 132 valence electrons. The van der Waals surface area contributed by atoms with Gasteiger partial charge in [-0.3, -0.25) is 4.79 Å². The van der Waals surface area contributed by atoms with Gasteiger partial charge in [-0.05, 0) is 31.7 Å². The van der Waals surface area contributed by atoms with Crippen LogP contribution in [0.4, 0.5) is 4.79 Å². The highest BCUT2D eigenvalue weighted by Gasteiger charge is 2.35. The number of unbranched alkanes of at least 4 members (excludes halogenated alkanes) is 1. The average Bonchev–Trinajstić information content (AvgIpc) is 2.62. The van der Waals surface area contributed by atoms with Gasteiger partial charge in [0.15, 0.2) is 0 Å². The van der Waals surface area contributed by atoms with Crippen molar-refractivity contribution in [3.63, 3.8) is 0 Å². The number of hydrogen-bond donors (Lipinski definition) is 2. The van der Waals surface area contributed by atoms with Crippen LogP contribution in [0.15, 0.2) is 30.3 Å². The predicted octanol–water partition coefficient (Wildman–Crippen LogP) is 3.09. The van der Waals surface area contributed by atoms with Gasteiger partial charge in [0.05, 0.1) is 12.0 Å². The Hall–Kier alpha value is -2.04. The van der Waals surface area contributed by atoms with Gasteiger partial charge in [-0.2, -0.15) is 0 Å². The Kier molecular flexibility index (Phi) is 7.09. The van der Waals surface area contributed by atoms with Crippen molar-refractivity contribution in [2.45, 2.75) is 45.6 Å². The zero-order chi connectivity index (χ0) is 17.4. The third kappa shape index (κ3) is 4.73. The first kappa shape index (κ1) is 18.3. The molecule has 2 atom stereocenters. The molecule has 2 N–H and O–H groups in total. The minimum atomic E-state index is -0.123. The molecule has 0 aliphatic carbocycles. The molecule has 1 aromatic rings. The van der Waals surface area contributed by atoms with Crippen LogP contribution in [-0.4, -0.2) is 36.5 Å². The minimum Gasteiger partial charge on any atom is -0.356 e. The number of carbonyl (C=O) groups is 2. The Bertz CT molecular complexity index is 533. The highest BCUT2D eigenvalue weighted by atomic mass is 16.2. The molecule has 1 saturated heterocycles. The van der Waals surface area contributed by atoms with Crippen LogP contribution in [0.2, 0.25) is 0 Å². The molecule has 1 fully saturated rings. The monoisotopic (exact) mass is 331 g/mol. The number of urea groups is 1. The summed E-state index contributed by atoms with van der Waals surface area (Å²) in [5, 5.41) is 5.88. The molecule has 0 bridgehead atoms. The molecular weight excluding hydrogens is 302 g/mol. The zero-order valence-corrected chi connectivity index (χ0v) is 14.8. The van der Waals surface area contributed by atoms with Crippen LogP contribution in [0.3, 0.4) is 0 Å². The van der Waals surface area contributed by atoms with Gasteiger partial charge in [-0.25, -0.2) is 4.79 Å². The summed E-state index contributed by atoms with van der Waals surface area (Å²) in [7, 11) is 0. The van der Waals surface area contributed by atoms with Gasteiger partial charge in [0.25, 0.3) is 0 Å². The standard InChI is InChI=1S/C19H29N3O2/c1-3-5-13-21-19(24)22-14-16(18(23)20-4-2)11-12-17(22)15-9-7-6-8-10-15/h6-10,16-17H,3-5,11-14H2,1-2H3,(H,20,23)(H,21,24)/t16-,17+/m1/s1. The van der Waals surface area contributed by atoms with E-state index < -0.39 is 0 Å². The smallest absolute Gasteiger partial charge is 0.317 e. The van der Waals surface area contributed by atoms with Crippen molar-refractivity contribution < 1.29 is 9.59 Å². The number of likely N-dealkylation sites (tertiary alicyclic amines) is 1. The molecular formula is C19H29N3O2. The molecule has 0 spiro atoms. The summed E-state index contributed by atoms with van der Waals surface area (Å²) >= 11 is 0. The summed E-state index contributed by atoms with van der Waals surface area (Å²) in [6.45, 7) is 5.80. The zero-order valence-electron chi connectivity index (χ0n) is 14.8. The van der Waals surface area contributed by atoms with Crippen molar-refractivity contribution >= 4 is 11.9 Å². The maximum atomic E-state index is 12.7. The third-order valence-electron chi connectivity index (χ3n) is 4.56. The van der Waals surface area contributed by atoms with Gasteiger partial charge in [0.1, 0.15) is 0 Å². The van der Waals surface area contributed by atoms with E-state index in [0.717, 1.165) is 31.2 Å². The normalized spacial score (nSPS) is 20.5. The van der Waals surface area contributed by atoms with E-state index in [1.807, 2.05) is 30.0 Å². The molecule has 0 saturated carbocycles. The molecule has 2 rings (SSSR count). The summed E-state index contributed by atoms with van der Waals surface area (Å²) in [5.41, 5.74) is 1.14. The predicted molar refractivity (Wildman–Crippen MR) is 95.6 cm³/mol.